The molecule has 0 aliphatic rings. The Labute approximate surface area is 78.2 Å². The first-order valence-electron chi connectivity index (χ1n) is 4.16. The molecule has 0 aliphatic carbocycles. The summed E-state index contributed by atoms with van der Waals surface area (Å²) < 4.78 is 14.7. The molecule has 1 unspecified atom stereocenters. The van der Waals surface area contributed by atoms with Gasteiger partial charge in [0.25, 0.3) is 0 Å². The summed E-state index contributed by atoms with van der Waals surface area (Å²) in [5.74, 6) is 0. The number of aliphatic hydroxyl groups excluding tert-OH is 2. The zero-order chi connectivity index (χ0) is 9.94. The van der Waals surface area contributed by atoms with E-state index in [0.717, 1.165) is 0 Å². The normalized spacial score (nSPS) is 13.2. The third-order valence-corrected chi connectivity index (χ3v) is 1.15. The van der Waals surface area contributed by atoms with Crippen LogP contribution in [0.4, 0.5) is 0 Å². The van der Waals surface area contributed by atoms with E-state index in [1.165, 1.54) is 0 Å². The van der Waals surface area contributed by atoms with Gasteiger partial charge < -0.3 is 24.4 Å². The topological polar surface area (TPSA) is 68.2 Å². The van der Waals surface area contributed by atoms with Crippen LogP contribution in [-0.2, 0) is 14.2 Å². The Morgan fingerprint density at radius 1 is 1.00 bits per heavy atom. The van der Waals surface area contributed by atoms with Crippen LogP contribution >= 0.6 is 0 Å². The molecule has 0 aromatic rings. The van der Waals surface area contributed by atoms with Gasteiger partial charge >= 0.3 is 0 Å². The summed E-state index contributed by atoms with van der Waals surface area (Å²) in [6, 6.07) is 0. The van der Waals surface area contributed by atoms with Gasteiger partial charge in [-0.3, -0.25) is 0 Å². The van der Waals surface area contributed by atoms with Crippen LogP contribution in [0.2, 0.25) is 0 Å². The highest BCUT2D eigenvalue weighted by Crippen LogP contribution is 1.84. The molecule has 0 fully saturated rings. The molecule has 0 aromatic heterocycles. The minimum atomic E-state index is -0.991. The fourth-order valence-electron chi connectivity index (χ4n) is 0.630. The van der Waals surface area contributed by atoms with Crippen LogP contribution in [-0.4, -0.2) is 56.1 Å². The van der Waals surface area contributed by atoms with Gasteiger partial charge in [0.1, 0.15) is 0 Å². The van der Waals surface area contributed by atoms with Gasteiger partial charge in [0.15, 0.2) is 6.29 Å². The molecule has 0 saturated heterocycles. The van der Waals surface area contributed by atoms with Crippen LogP contribution in [0.5, 0.6) is 0 Å². The first-order valence-corrected chi connectivity index (χ1v) is 4.16. The maximum absolute atomic E-state index is 8.58. The smallest absolute Gasteiger partial charge is 0.154 e. The molecule has 0 aromatic carbocycles. The minimum Gasteiger partial charge on any atom is -0.394 e. The lowest BCUT2D eigenvalue weighted by Gasteiger charge is -2.07. The van der Waals surface area contributed by atoms with E-state index < -0.39 is 6.29 Å². The molecule has 5 nitrogen and oxygen atoms in total. The lowest BCUT2D eigenvalue weighted by Crippen LogP contribution is -2.14. The second kappa shape index (κ2) is 9.88. The van der Waals surface area contributed by atoms with E-state index in [4.69, 9.17) is 24.4 Å². The summed E-state index contributed by atoms with van der Waals surface area (Å²) in [4.78, 5) is 0. The predicted molar refractivity (Wildman–Crippen MR) is 46.0 cm³/mol. The molecule has 0 amide bonds. The molecular weight excluding hydrogens is 176 g/mol. The van der Waals surface area contributed by atoms with Crippen molar-refractivity contribution in [3.8, 4) is 0 Å². The van der Waals surface area contributed by atoms with Crippen LogP contribution in [0.1, 0.15) is 0 Å². The summed E-state index contributed by atoms with van der Waals surface area (Å²) in [5.41, 5.74) is 0. The molecule has 5 heteroatoms. The van der Waals surface area contributed by atoms with Crippen molar-refractivity contribution in [2.45, 2.75) is 6.29 Å². The average Bonchev–Trinajstić information content (AvgIpc) is 2.09. The minimum absolute atomic E-state index is 0.0246. The first-order chi connectivity index (χ1) is 6.27. The SMILES string of the molecule is [CH2]C(O)OCCOCCOCCO. The Balaban J connectivity index is 2.84. The molecule has 13 heavy (non-hydrogen) atoms. The van der Waals surface area contributed by atoms with Gasteiger partial charge in [0.2, 0.25) is 0 Å². The van der Waals surface area contributed by atoms with Crippen molar-refractivity contribution in [1.82, 2.24) is 0 Å². The standard InChI is InChI=1S/C8H17O5/c1-8(10)13-7-6-12-5-4-11-3-2-9/h8-10H,1-7H2. The van der Waals surface area contributed by atoms with E-state index in [1.807, 2.05) is 0 Å². The van der Waals surface area contributed by atoms with Crippen molar-refractivity contribution in [2.75, 3.05) is 39.6 Å². The lowest BCUT2D eigenvalue weighted by atomic mass is 10.7. The Bertz CT molecular complexity index is 96.5. The zero-order valence-electron chi connectivity index (χ0n) is 7.65. The third kappa shape index (κ3) is 11.8. The summed E-state index contributed by atoms with van der Waals surface area (Å²) in [5, 5.41) is 16.9. The lowest BCUT2D eigenvalue weighted by molar-refractivity contribution is -0.0859. The molecule has 0 aliphatic heterocycles. The van der Waals surface area contributed by atoms with Crippen LogP contribution in [0, 0.1) is 6.92 Å². The largest absolute Gasteiger partial charge is 0.394 e. The molecule has 1 radical (unpaired) electrons. The van der Waals surface area contributed by atoms with Gasteiger partial charge in [0.05, 0.1) is 39.6 Å². The van der Waals surface area contributed by atoms with Crippen molar-refractivity contribution in [3.05, 3.63) is 6.92 Å². The molecule has 79 valence electrons. The zero-order valence-corrected chi connectivity index (χ0v) is 7.65. The molecule has 0 heterocycles. The van der Waals surface area contributed by atoms with Crippen molar-refractivity contribution >= 4 is 0 Å². The van der Waals surface area contributed by atoms with Gasteiger partial charge in [-0.05, 0) is 0 Å². The van der Waals surface area contributed by atoms with Crippen molar-refractivity contribution < 1.29 is 24.4 Å². The number of ether oxygens (including phenoxy) is 3. The Kier molecular flexibility index (Phi) is 9.73. The second-order valence-corrected chi connectivity index (χ2v) is 2.27. The van der Waals surface area contributed by atoms with Crippen LogP contribution < -0.4 is 0 Å². The van der Waals surface area contributed by atoms with E-state index in [-0.39, 0.29) is 6.61 Å². The fraction of sp³-hybridized carbons (Fsp3) is 0.875. The summed E-state index contributed by atoms with van der Waals surface area (Å²) >= 11 is 0. The quantitative estimate of drug-likeness (QED) is 0.370. The Morgan fingerprint density at radius 3 is 2.08 bits per heavy atom. The van der Waals surface area contributed by atoms with Crippen molar-refractivity contribution in [2.24, 2.45) is 0 Å². The van der Waals surface area contributed by atoms with E-state index in [0.29, 0.717) is 33.0 Å². The monoisotopic (exact) mass is 193 g/mol. The van der Waals surface area contributed by atoms with Gasteiger partial charge in [-0.15, -0.1) is 0 Å². The molecular formula is C8H17O5. The highest BCUT2D eigenvalue weighted by Gasteiger charge is 1.94. The van der Waals surface area contributed by atoms with Gasteiger partial charge in [-0.25, -0.2) is 0 Å². The first kappa shape index (κ1) is 12.8. The fourth-order valence-corrected chi connectivity index (χ4v) is 0.630. The molecule has 0 bridgehead atoms. The van der Waals surface area contributed by atoms with Crippen molar-refractivity contribution in [1.29, 1.82) is 0 Å². The summed E-state index contributed by atoms with van der Waals surface area (Å²) in [7, 11) is 0. The molecule has 2 N–H and O–H groups in total. The molecule has 0 saturated carbocycles. The second-order valence-electron chi connectivity index (χ2n) is 2.27. The maximum atomic E-state index is 8.58. The predicted octanol–water partition coefficient (Wildman–Crippen LogP) is -0.819. The number of aliphatic hydroxyl groups is 2. The molecule has 0 spiro atoms. The van der Waals surface area contributed by atoms with Gasteiger partial charge in [0, 0.05) is 6.92 Å². The van der Waals surface area contributed by atoms with Gasteiger partial charge in [-0.1, -0.05) is 0 Å². The maximum Gasteiger partial charge on any atom is 0.154 e. The van der Waals surface area contributed by atoms with Crippen molar-refractivity contribution in [3.63, 3.8) is 0 Å². The molecule has 0 rings (SSSR count). The third-order valence-electron chi connectivity index (χ3n) is 1.15. The average molecular weight is 193 g/mol. The van der Waals surface area contributed by atoms with E-state index in [9.17, 15) is 0 Å². The molecule has 1 atom stereocenters. The Hall–Kier alpha value is -0.200. The highest BCUT2D eigenvalue weighted by molar-refractivity contribution is 4.39. The van der Waals surface area contributed by atoms with Crippen LogP contribution in [0.25, 0.3) is 0 Å². The van der Waals surface area contributed by atoms with E-state index >= 15 is 0 Å². The van der Waals surface area contributed by atoms with Crippen LogP contribution in [0.3, 0.4) is 0 Å². The van der Waals surface area contributed by atoms with Gasteiger partial charge in [-0.2, -0.15) is 0 Å². The van der Waals surface area contributed by atoms with E-state index in [1.54, 1.807) is 0 Å². The number of rotatable bonds is 9. The van der Waals surface area contributed by atoms with Crippen LogP contribution in [0.15, 0.2) is 0 Å². The summed E-state index contributed by atoms with van der Waals surface area (Å²) in [6.07, 6.45) is -0.991. The summed E-state index contributed by atoms with van der Waals surface area (Å²) in [6.45, 7) is 5.19. The van der Waals surface area contributed by atoms with E-state index in [2.05, 4.69) is 6.92 Å². The Morgan fingerprint density at radius 2 is 1.54 bits per heavy atom. The number of hydrogen-bond donors (Lipinski definition) is 2. The highest BCUT2D eigenvalue weighted by atomic mass is 16.6. The number of hydrogen-bond acceptors (Lipinski definition) is 5.